The van der Waals surface area contributed by atoms with Crippen molar-refractivity contribution in [3.63, 3.8) is 0 Å². The Balaban J connectivity index is 1.51. The Bertz CT molecular complexity index is 1110. The third kappa shape index (κ3) is 4.00. The fraction of sp³-hybridized carbons (Fsp3) is 0.500. The van der Waals surface area contributed by atoms with Gasteiger partial charge in [0.25, 0.3) is 5.89 Å². The van der Waals surface area contributed by atoms with Gasteiger partial charge in [-0.1, -0.05) is 16.8 Å². The SMILES string of the molecule is Cc1noc(-c2c(N3CCC(NC4CCOC4)CC3)nc3c(F)cc(Cl)cc3c2C)n1. The van der Waals surface area contributed by atoms with Crippen LogP contribution in [0.3, 0.4) is 0 Å². The molecule has 1 aromatic carbocycles. The van der Waals surface area contributed by atoms with Crippen LogP contribution in [0, 0.1) is 19.7 Å². The number of benzene rings is 1. The average Bonchev–Trinajstić information content (AvgIpc) is 3.41. The van der Waals surface area contributed by atoms with E-state index in [2.05, 4.69) is 20.4 Å². The van der Waals surface area contributed by atoms with E-state index in [0.29, 0.717) is 45.5 Å². The van der Waals surface area contributed by atoms with Gasteiger partial charge in [0.05, 0.1) is 12.2 Å². The van der Waals surface area contributed by atoms with Crippen LogP contribution in [-0.4, -0.2) is 53.5 Å². The summed E-state index contributed by atoms with van der Waals surface area (Å²) in [5.41, 5.74) is 1.87. The molecule has 2 aliphatic rings. The van der Waals surface area contributed by atoms with Gasteiger partial charge in [-0.05, 0) is 50.8 Å². The zero-order valence-corrected chi connectivity index (χ0v) is 18.4. The van der Waals surface area contributed by atoms with E-state index in [0.717, 1.165) is 56.7 Å². The van der Waals surface area contributed by atoms with Crippen molar-refractivity contribution in [1.82, 2.24) is 20.4 Å². The number of hydrogen-bond acceptors (Lipinski definition) is 7. The number of halogens is 2. The maximum atomic E-state index is 14.8. The van der Waals surface area contributed by atoms with Crippen LogP contribution in [-0.2, 0) is 4.74 Å². The van der Waals surface area contributed by atoms with Crippen molar-refractivity contribution >= 4 is 28.3 Å². The van der Waals surface area contributed by atoms with Crippen molar-refractivity contribution in [2.75, 3.05) is 31.2 Å². The van der Waals surface area contributed by atoms with E-state index in [1.807, 2.05) is 6.92 Å². The number of aromatic nitrogens is 3. The van der Waals surface area contributed by atoms with Crippen LogP contribution in [0.2, 0.25) is 5.02 Å². The molecular formula is C22H25ClFN5O2. The first-order valence-electron chi connectivity index (χ1n) is 10.7. The highest BCUT2D eigenvalue weighted by atomic mass is 35.5. The molecule has 9 heteroatoms. The summed E-state index contributed by atoms with van der Waals surface area (Å²) in [6.07, 6.45) is 3.01. The summed E-state index contributed by atoms with van der Waals surface area (Å²) in [6, 6.07) is 3.91. The molecule has 2 aliphatic heterocycles. The first kappa shape index (κ1) is 20.6. The molecule has 0 spiro atoms. The number of ether oxygens (including phenoxy) is 1. The number of piperidine rings is 1. The van der Waals surface area contributed by atoms with Gasteiger partial charge >= 0.3 is 0 Å². The number of nitrogens with zero attached hydrogens (tertiary/aromatic N) is 4. The van der Waals surface area contributed by atoms with E-state index < -0.39 is 5.82 Å². The van der Waals surface area contributed by atoms with Gasteiger partial charge in [-0.25, -0.2) is 9.37 Å². The van der Waals surface area contributed by atoms with Gasteiger partial charge in [0.2, 0.25) is 0 Å². The Morgan fingerprint density at radius 1 is 1.13 bits per heavy atom. The van der Waals surface area contributed by atoms with Gasteiger partial charge in [-0.2, -0.15) is 4.98 Å². The highest BCUT2D eigenvalue weighted by molar-refractivity contribution is 6.31. The number of hydrogen-bond donors (Lipinski definition) is 1. The second-order valence-electron chi connectivity index (χ2n) is 8.35. The predicted molar refractivity (Wildman–Crippen MR) is 117 cm³/mol. The van der Waals surface area contributed by atoms with Gasteiger partial charge < -0.3 is 19.5 Å². The molecule has 0 saturated carbocycles. The fourth-order valence-electron chi connectivity index (χ4n) is 4.57. The first-order chi connectivity index (χ1) is 15.0. The third-order valence-corrected chi connectivity index (χ3v) is 6.40. The summed E-state index contributed by atoms with van der Waals surface area (Å²) in [5.74, 6) is 1.18. The molecular weight excluding hydrogens is 421 g/mol. The number of nitrogens with one attached hydrogen (secondary N) is 1. The van der Waals surface area contributed by atoms with E-state index in [1.165, 1.54) is 6.07 Å². The maximum absolute atomic E-state index is 14.8. The van der Waals surface area contributed by atoms with E-state index >= 15 is 0 Å². The molecule has 2 aromatic heterocycles. The van der Waals surface area contributed by atoms with Gasteiger partial charge in [0.15, 0.2) is 11.6 Å². The molecule has 0 aliphatic carbocycles. The quantitative estimate of drug-likeness (QED) is 0.649. The Kier molecular flexibility index (Phi) is 5.54. The minimum Gasteiger partial charge on any atom is -0.380 e. The standard InChI is InChI=1S/C22H25ClFN5O2/c1-12-17-9-14(23)10-18(24)20(17)27-21(19(12)22-25-13(2)28-31-22)29-6-3-15(4-7-29)26-16-5-8-30-11-16/h9-10,15-16,26H,3-8,11H2,1-2H3. The molecule has 1 unspecified atom stereocenters. The molecule has 0 amide bonds. The molecule has 2 saturated heterocycles. The van der Waals surface area contributed by atoms with Crippen molar-refractivity contribution in [2.45, 2.75) is 45.2 Å². The number of fused-ring (bicyclic) bond motifs is 1. The second kappa shape index (κ2) is 8.33. The molecule has 2 fully saturated rings. The third-order valence-electron chi connectivity index (χ3n) is 6.19. The summed E-state index contributed by atoms with van der Waals surface area (Å²) in [4.78, 5) is 11.4. The molecule has 1 N–H and O–H groups in total. The predicted octanol–water partition coefficient (Wildman–Crippen LogP) is 4.04. The van der Waals surface area contributed by atoms with Crippen LogP contribution in [0.5, 0.6) is 0 Å². The van der Waals surface area contributed by atoms with Crippen molar-refractivity contribution in [3.8, 4) is 11.5 Å². The van der Waals surface area contributed by atoms with Crippen LogP contribution >= 0.6 is 11.6 Å². The van der Waals surface area contributed by atoms with Crippen molar-refractivity contribution in [1.29, 1.82) is 0 Å². The van der Waals surface area contributed by atoms with Gasteiger partial charge in [0, 0.05) is 42.2 Å². The zero-order chi connectivity index (χ0) is 21.5. The highest BCUT2D eigenvalue weighted by Crippen LogP contribution is 2.38. The average molecular weight is 446 g/mol. The number of rotatable bonds is 4. The Morgan fingerprint density at radius 3 is 2.61 bits per heavy atom. The topological polar surface area (TPSA) is 76.3 Å². The molecule has 164 valence electrons. The Hall–Kier alpha value is -2.29. The molecule has 1 atom stereocenters. The summed E-state index contributed by atoms with van der Waals surface area (Å²) < 4.78 is 25.7. The molecule has 4 heterocycles. The smallest absolute Gasteiger partial charge is 0.261 e. The van der Waals surface area contributed by atoms with Gasteiger partial charge in [-0.3, -0.25) is 0 Å². The summed E-state index contributed by atoms with van der Waals surface area (Å²) in [7, 11) is 0. The van der Waals surface area contributed by atoms with E-state index in [4.69, 9.17) is 25.8 Å². The van der Waals surface area contributed by atoms with Crippen molar-refractivity contribution in [2.24, 2.45) is 0 Å². The van der Waals surface area contributed by atoms with Crippen molar-refractivity contribution < 1.29 is 13.7 Å². The zero-order valence-electron chi connectivity index (χ0n) is 17.6. The van der Waals surface area contributed by atoms with Crippen molar-refractivity contribution in [3.05, 3.63) is 34.4 Å². The first-order valence-corrected chi connectivity index (χ1v) is 11.1. The van der Waals surface area contributed by atoms with Crippen LogP contribution in [0.4, 0.5) is 10.2 Å². The number of anilines is 1. The van der Waals surface area contributed by atoms with Crippen LogP contribution < -0.4 is 10.2 Å². The molecule has 7 nitrogen and oxygen atoms in total. The maximum Gasteiger partial charge on any atom is 0.261 e. The Morgan fingerprint density at radius 2 is 1.94 bits per heavy atom. The highest BCUT2D eigenvalue weighted by Gasteiger charge is 2.29. The minimum atomic E-state index is -0.433. The van der Waals surface area contributed by atoms with E-state index in [9.17, 15) is 4.39 Å². The lowest BCUT2D eigenvalue weighted by Gasteiger charge is -2.35. The Labute approximate surface area is 184 Å². The molecule has 0 radical (unpaired) electrons. The van der Waals surface area contributed by atoms with Crippen LogP contribution in [0.15, 0.2) is 16.7 Å². The minimum absolute atomic E-state index is 0.306. The lowest BCUT2D eigenvalue weighted by atomic mass is 10.00. The fourth-order valence-corrected chi connectivity index (χ4v) is 4.78. The molecule has 3 aromatic rings. The summed E-state index contributed by atoms with van der Waals surface area (Å²) in [5, 5.41) is 8.64. The summed E-state index contributed by atoms with van der Waals surface area (Å²) >= 11 is 6.13. The molecule has 0 bridgehead atoms. The number of pyridine rings is 1. The monoisotopic (exact) mass is 445 g/mol. The lowest BCUT2D eigenvalue weighted by Crippen LogP contribution is -2.46. The number of aryl methyl sites for hydroxylation is 2. The molecule has 31 heavy (non-hydrogen) atoms. The van der Waals surface area contributed by atoms with Crippen LogP contribution in [0.25, 0.3) is 22.4 Å². The van der Waals surface area contributed by atoms with E-state index in [-0.39, 0.29) is 0 Å². The van der Waals surface area contributed by atoms with E-state index in [1.54, 1.807) is 13.0 Å². The second-order valence-corrected chi connectivity index (χ2v) is 8.79. The lowest BCUT2D eigenvalue weighted by molar-refractivity contribution is 0.186. The summed E-state index contributed by atoms with van der Waals surface area (Å²) in [6.45, 7) is 6.92. The van der Waals surface area contributed by atoms with Gasteiger partial charge in [-0.15, -0.1) is 0 Å². The largest absolute Gasteiger partial charge is 0.380 e. The van der Waals surface area contributed by atoms with Crippen LogP contribution in [0.1, 0.15) is 30.7 Å². The normalized spacial score (nSPS) is 20.1. The molecule has 5 rings (SSSR count). The van der Waals surface area contributed by atoms with Gasteiger partial charge in [0.1, 0.15) is 11.3 Å².